The molecule has 2 aromatic rings. The zero-order valence-electron chi connectivity index (χ0n) is 16.2. The Morgan fingerprint density at radius 2 is 2.00 bits per heavy atom. The predicted octanol–water partition coefficient (Wildman–Crippen LogP) is 4.65. The first-order chi connectivity index (χ1) is 13.0. The van der Waals surface area contributed by atoms with Crippen LogP contribution in [-0.2, 0) is 22.9 Å². The Morgan fingerprint density at radius 1 is 1.29 bits per heavy atom. The molecule has 1 heterocycles. The van der Waals surface area contributed by atoms with Gasteiger partial charge in [0.25, 0.3) is 0 Å². The zero-order chi connectivity index (χ0) is 20.9. The summed E-state index contributed by atoms with van der Waals surface area (Å²) in [4.78, 5) is 16.7. The van der Waals surface area contributed by atoms with Crippen LogP contribution in [0.25, 0.3) is 0 Å². The van der Waals surface area contributed by atoms with E-state index >= 15 is 0 Å². The summed E-state index contributed by atoms with van der Waals surface area (Å²) in [6, 6.07) is 3.61. The fourth-order valence-electron chi connectivity index (χ4n) is 2.43. The molecule has 2 rings (SSSR count). The number of halogens is 3. The summed E-state index contributed by atoms with van der Waals surface area (Å²) in [6.07, 6.45) is -4.45. The third-order valence-corrected chi connectivity index (χ3v) is 5.20. The summed E-state index contributed by atoms with van der Waals surface area (Å²) in [5.41, 5.74) is 0.201. The summed E-state index contributed by atoms with van der Waals surface area (Å²) in [7, 11) is 1.42. The third-order valence-electron chi connectivity index (χ3n) is 3.88. The molecule has 0 spiro atoms. The molecular weight excluding hydrogens is 391 g/mol. The number of urea groups is 1. The van der Waals surface area contributed by atoms with Gasteiger partial charge in [0, 0.05) is 17.9 Å². The highest BCUT2D eigenvalue weighted by molar-refractivity contribution is 7.09. The standard InChI is InChI=1S/C19H24F3N3O2S/c1-18(2,3)16-24-14(11-28-16)9-23-17(26)25-15(10-27-4)12-6-5-7-13(8-12)19(20,21)22/h5-8,11,15H,9-10H2,1-4H3,(H2,23,25,26). The van der Waals surface area contributed by atoms with Gasteiger partial charge in [-0.25, -0.2) is 9.78 Å². The molecule has 1 aromatic carbocycles. The lowest BCUT2D eigenvalue weighted by Crippen LogP contribution is -2.39. The predicted molar refractivity (Wildman–Crippen MR) is 102 cm³/mol. The van der Waals surface area contributed by atoms with Gasteiger partial charge in [0.1, 0.15) is 0 Å². The van der Waals surface area contributed by atoms with E-state index in [1.165, 1.54) is 30.6 Å². The number of ether oxygens (including phenoxy) is 1. The van der Waals surface area contributed by atoms with Crippen LogP contribution >= 0.6 is 11.3 Å². The summed E-state index contributed by atoms with van der Waals surface area (Å²) in [5.74, 6) is 0. The van der Waals surface area contributed by atoms with Crippen molar-refractivity contribution in [2.75, 3.05) is 13.7 Å². The van der Waals surface area contributed by atoms with Gasteiger partial charge in [-0.1, -0.05) is 32.9 Å². The molecular formula is C19H24F3N3O2S. The maximum Gasteiger partial charge on any atom is 0.416 e. The number of alkyl halides is 3. The minimum Gasteiger partial charge on any atom is -0.382 e. The van der Waals surface area contributed by atoms with Crippen molar-refractivity contribution in [1.29, 1.82) is 0 Å². The van der Waals surface area contributed by atoms with Crippen LogP contribution in [-0.4, -0.2) is 24.7 Å². The molecule has 0 saturated heterocycles. The number of carbonyl (C=O) groups is 1. The van der Waals surface area contributed by atoms with Crippen molar-refractivity contribution in [3.63, 3.8) is 0 Å². The van der Waals surface area contributed by atoms with Gasteiger partial charge in [-0.15, -0.1) is 11.3 Å². The van der Waals surface area contributed by atoms with Gasteiger partial charge in [-0.05, 0) is 17.7 Å². The van der Waals surface area contributed by atoms with Crippen LogP contribution < -0.4 is 10.6 Å². The highest BCUT2D eigenvalue weighted by Gasteiger charge is 2.31. The number of rotatable bonds is 6. The van der Waals surface area contributed by atoms with E-state index in [0.29, 0.717) is 5.56 Å². The highest BCUT2D eigenvalue weighted by atomic mass is 32.1. The van der Waals surface area contributed by atoms with Crippen LogP contribution in [0.15, 0.2) is 29.6 Å². The molecule has 0 radical (unpaired) electrons. The van der Waals surface area contributed by atoms with Crippen LogP contribution in [0.2, 0.25) is 0 Å². The quantitative estimate of drug-likeness (QED) is 0.722. The van der Waals surface area contributed by atoms with Crippen molar-refractivity contribution < 1.29 is 22.7 Å². The number of benzene rings is 1. The molecule has 154 valence electrons. The molecule has 0 saturated carbocycles. The Morgan fingerprint density at radius 3 is 2.57 bits per heavy atom. The highest BCUT2D eigenvalue weighted by Crippen LogP contribution is 2.31. The number of hydrogen-bond acceptors (Lipinski definition) is 4. The molecule has 1 unspecified atom stereocenters. The smallest absolute Gasteiger partial charge is 0.382 e. The molecule has 2 amide bonds. The van der Waals surface area contributed by atoms with Crippen molar-refractivity contribution >= 4 is 17.4 Å². The topological polar surface area (TPSA) is 63.2 Å². The first-order valence-corrected chi connectivity index (χ1v) is 9.54. The lowest BCUT2D eigenvalue weighted by molar-refractivity contribution is -0.137. The monoisotopic (exact) mass is 415 g/mol. The number of aromatic nitrogens is 1. The average Bonchev–Trinajstić information content (AvgIpc) is 3.08. The average molecular weight is 415 g/mol. The number of methoxy groups -OCH3 is 1. The van der Waals surface area contributed by atoms with E-state index in [2.05, 4.69) is 36.4 Å². The second kappa shape index (κ2) is 8.91. The SMILES string of the molecule is COCC(NC(=O)NCc1csc(C(C)(C)C)n1)c1cccc(C(F)(F)F)c1. The second-order valence-corrected chi connectivity index (χ2v) is 8.21. The first kappa shape index (κ1) is 22.2. The fourth-order valence-corrected chi connectivity index (χ4v) is 3.34. The number of nitrogens with zero attached hydrogens (tertiary/aromatic N) is 1. The fraction of sp³-hybridized carbons (Fsp3) is 0.474. The summed E-state index contributed by atoms with van der Waals surface area (Å²) in [5, 5.41) is 8.18. The van der Waals surface area contributed by atoms with Gasteiger partial charge in [0.05, 0.1) is 35.5 Å². The summed E-state index contributed by atoms with van der Waals surface area (Å²) >= 11 is 1.52. The van der Waals surface area contributed by atoms with Crippen LogP contribution in [0.1, 0.15) is 48.6 Å². The van der Waals surface area contributed by atoms with Crippen LogP contribution in [0, 0.1) is 0 Å². The number of hydrogen-bond donors (Lipinski definition) is 2. The van der Waals surface area contributed by atoms with Gasteiger partial charge >= 0.3 is 12.2 Å². The molecule has 1 aromatic heterocycles. The molecule has 1 atom stereocenters. The minimum atomic E-state index is -4.45. The van der Waals surface area contributed by atoms with Gasteiger partial charge in [-0.3, -0.25) is 0 Å². The van der Waals surface area contributed by atoms with E-state index in [0.717, 1.165) is 22.8 Å². The largest absolute Gasteiger partial charge is 0.416 e. The summed E-state index contributed by atoms with van der Waals surface area (Å²) < 4.78 is 43.9. The number of carbonyl (C=O) groups excluding carboxylic acids is 1. The van der Waals surface area contributed by atoms with Gasteiger partial charge in [-0.2, -0.15) is 13.2 Å². The zero-order valence-corrected chi connectivity index (χ0v) is 17.0. The number of amides is 2. The van der Waals surface area contributed by atoms with Crippen molar-refractivity contribution in [3.8, 4) is 0 Å². The Hall–Kier alpha value is -2.13. The molecule has 0 aliphatic rings. The Kier molecular flexibility index (Phi) is 7.06. The van der Waals surface area contributed by atoms with Gasteiger partial charge < -0.3 is 15.4 Å². The maximum atomic E-state index is 12.9. The number of thiazole rings is 1. The summed E-state index contributed by atoms with van der Waals surface area (Å²) in [6.45, 7) is 6.43. The van der Waals surface area contributed by atoms with E-state index in [1.54, 1.807) is 0 Å². The van der Waals surface area contributed by atoms with Gasteiger partial charge in [0.15, 0.2) is 0 Å². The Labute approximate surface area is 166 Å². The van der Waals surface area contributed by atoms with Crippen LogP contribution in [0.4, 0.5) is 18.0 Å². The van der Waals surface area contributed by atoms with E-state index < -0.39 is 23.8 Å². The molecule has 2 N–H and O–H groups in total. The minimum absolute atomic E-state index is 0.0413. The third kappa shape index (κ3) is 6.20. The van der Waals surface area contributed by atoms with E-state index in [4.69, 9.17) is 4.74 Å². The van der Waals surface area contributed by atoms with E-state index in [-0.39, 0.29) is 18.6 Å². The molecule has 0 aliphatic heterocycles. The number of nitrogens with one attached hydrogen (secondary N) is 2. The van der Waals surface area contributed by atoms with Crippen LogP contribution in [0.5, 0.6) is 0 Å². The lowest BCUT2D eigenvalue weighted by Gasteiger charge is -2.20. The molecule has 0 bridgehead atoms. The van der Waals surface area contributed by atoms with Gasteiger partial charge in [0.2, 0.25) is 0 Å². The Bertz CT molecular complexity index is 800. The first-order valence-electron chi connectivity index (χ1n) is 8.66. The van der Waals surface area contributed by atoms with Crippen molar-refractivity contribution in [1.82, 2.24) is 15.6 Å². The normalized spacial score (nSPS) is 13.2. The molecule has 5 nitrogen and oxygen atoms in total. The van der Waals surface area contributed by atoms with Crippen LogP contribution in [0.3, 0.4) is 0 Å². The maximum absolute atomic E-state index is 12.9. The molecule has 28 heavy (non-hydrogen) atoms. The molecule has 9 heteroatoms. The van der Waals surface area contributed by atoms with Crippen molar-refractivity contribution in [2.45, 2.75) is 44.9 Å². The van der Waals surface area contributed by atoms with E-state index in [1.807, 2.05) is 5.38 Å². The van der Waals surface area contributed by atoms with Crippen molar-refractivity contribution in [2.24, 2.45) is 0 Å². The molecule has 0 fully saturated rings. The Balaban J connectivity index is 2.02. The van der Waals surface area contributed by atoms with E-state index in [9.17, 15) is 18.0 Å². The molecule has 0 aliphatic carbocycles. The second-order valence-electron chi connectivity index (χ2n) is 7.35. The lowest BCUT2D eigenvalue weighted by atomic mass is 9.98. The van der Waals surface area contributed by atoms with Crippen molar-refractivity contribution in [3.05, 3.63) is 51.5 Å².